The Morgan fingerprint density at radius 3 is 1.43 bits per heavy atom. The SMILES string of the molecule is CC(=O)C[C@@H](C(=O)N[C@H](Cc1c[nH]cn1)C(=O)C[C@H](CC(=O)O)C(=O)N[C@H](C)C(=O)C[C@H](C)C(=O)N[C@H](C)C(=O)C[C@H](CCCCNC(=O)c1ccc(C(=O)O)c(-c2c3ccc(=O)cc-3oc3cc(O)ccc23)c1)C(=O)N[C@H](C)C(=O)C[C@H](C)C(=O)N[C@H](C)C(=O)C[C@@H](C(=O)N[C@H](Cc1c[nH]cn1)C(=O)C[C@H](CC(=O)O)C(N)=O)[C@H](C)O)[C@H](C)O. The van der Waals surface area contributed by atoms with E-state index in [0.29, 0.717) is 10.9 Å². The quantitative estimate of drug-likeness (QED) is 0.0192. The maximum absolute atomic E-state index is 14.4. The standard InChI is InChI=1S/C82H102N12O26/c1-38(21-64(101)42(5)92-79(115)50(28-72(108)109)26-68(105)62(30-52-35-85-37-88-52)93-80(116)58(45(8)96)22-40(3)95)75(111)89-43(6)65(102)24-47(12-10-11-19-86-77(113)48-13-16-55(82(118)119)60(23-48)73-56-17-14-53(98)31-69(56)120-70-32-54(99)15-18-57(70)73)78(114)91-41(4)63(100)20-39(2)76(112)90-44(7)66(103)33-59(46(9)97)81(117)94-61(29-51-34-84-36-87-51)67(104)25-49(74(83)110)27-71(106)107/h13-18,23,31-32,34-39,41-47,49-50,58-59,61-62,96-98H,10-12,19-22,24-30,33H2,1-9H3,(H2,83,110)(H,84,87)(H,85,88)(H,86,113)(H,89,111)(H,90,112)(H,91,114)(H,92,115)(H,93,116)(H,94,117)(H,106,107)(H,108,109)(H,118,119)/t38-,39-,41+,42+,43+,44+,45-,46-,47-,49+,50+,58+,59+,61+,62+/m0/s1. The largest absolute Gasteiger partial charge is 0.508 e. The zero-order valence-corrected chi connectivity index (χ0v) is 67.6. The Kier molecular flexibility index (Phi) is 35.7. The summed E-state index contributed by atoms with van der Waals surface area (Å²) in [6.45, 7) is 11.4. The first-order valence-electron chi connectivity index (χ1n) is 38.8. The monoisotopic (exact) mass is 1670 g/mol. The Labute approximate surface area is 687 Å². The van der Waals surface area contributed by atoms with Crippen molar-refractivity contribution in [3.8, 4) is 28.2 Å². The number of fused-ring (bicyclic) bond motifs is 2. The van der Waals surface area contributed by atoms with Gasteiger partial charge in [0.2, 0.25) is 41.4 Å². The molecule has 38 heteroatoms. The minimum atomic E-state index is -1.62. The summed E-state index contributed by atoms with van der Waals surface area (Å²) < 4.78 is 5.93. The molecule has 2 aromatic carbocycles. The third-order valence-electron chi connectivity index (χ3n) is 20.4. The number of unbranched alkanes of at least 4 members (excludes halogenated alkanes) is 1. The van der Waals surface area contributed by atoms with Gasteiger partial charge in [0.1, 0.15) is 22.9 Å². The molecular formula is C82H102N12O26. The zero-order valence-electron chi connectivity index (χ0n) is 67.6. The number of phenolic OH excluding ortho intramolecular Hbond substituents is 1. The lowest BCUT2D eigenvalue weighted by Gasteiger charge is -2.25. The van der Waals surface area contributed by atoms with Crippen LogP contribution in [0.2, 0.25) is 0 Å². The molecule has 6 rings (SSSR count). The van der Waals surface area contributed by atoms with Crippen molar-refractivity contribution in [2.45, 2.75) is 201 Å². The second-order valence-electron chi connectivity index (χ2n) is 30.3. The van der Waals surface area contributed by atoms with Gasteiger partial charge in [0.25, 0.3) is 5.91 Å². The van der Waals surface area contributed by atoms with Crippen molar-refractivity contribution >= 4 is 117 Å². The van der Waals surface area contributed by atoms with Crippen LogP contribution in [0, 0.1) is 41.4 Å². The second kappa shape index (κ2) is 44.6. The van der Waals surface area contributed by atoms with Crippen LogP contribution >= 0.6 is 0 Å². The molecule has 15 atom stereocenters. The molecule has 0 bridgehead atoms. The van der Waals surface area contributed by atoms with E-state index in [4.69, 9.17) is 10.2 Å². The minimum Gasteiger partial charge on any atom is -0.508 e. The summed E-state index contributed by atoms with van der Waals surface area (Å²) in [5.41, 5.74) is 5.98. The number of hydrogen-bond donors (Lipinski definition) is 16. The number of phenols is 1. The highest BCUT2D eigenvalue weighted by Gasteiger charge is 2.39. The normalized spacial score (nSPS) is 15.1. The van der Waals surface area contributed by atoms with Crippen LogP contribution in [0.4, 0.5) is 0 Å². The predicted octanol–water partition coefficient (Wildman–Crippen LogP) is 2.07. The van der Waals surface area contributed by atoms with Gasteiger partial charge < -0.3 is 92.8 Å². The first-order valence-corrected chi connectivity index (χ1v) is 38.8. The van der Waals surface area contributed by atoms with Crippen LogP contribution in [0.15, 0.2) is 88.9 Å². The van der Waals surface area contributed by atoms with E-state index in [-0.39, 0.29) is 95.8 Å². The van der Waals surface area contributed by atoms with E-state index in [1.165, 1.54) is 142 Å². The van der Waals surface area contributed by atoms with Gasteiger partial charge in [-0.15, -0.1) is 0 Å². The molecule has 0 spiro atoms. The number of rotatable bonds is 51. The highest BCUT2D eigenvalue weighted by Crippen LogP contribution is 2.42. The number of aliphatic hydroxyl groups is 2. The number of benzene rings is 3. The van der Waals surface area contributed by atoms with Crippen LogP contribution < -0.4 is 48.4 Å². The van der Waals surface area contributed by atoms with Gasteiger partial charge >= 0.3 is 17.9 Å². The second-order valence-corrected chi connectivity index (χ2v) is 30.3. The topological polar surface area (TPSA) is 626 Å². The Morgan fingerprint density at radius 1 is 0.483 bits per heavy atom. The number of aromatic carboxylic acids is 1. The molecule has 17 N–H and O–H groups in total. The number of aromatic hydroxyl groups is 1. The summed E-state index contributed by atoms with van der Waals surface area (Å²) in [5, 5.41) is 78.9. The molecule has 8 amide bonds. The smallest absolute Gasteiger partial charge is 0.336 e. The van der Waals surface area contributed by atoms with Crippen LogP contribution in [0.5, 0.6) is 5.75 Å². The van der Waals surface area contributed by atoms with E-state index in [1.807, 2.05) is 0 Å². The fraction of sp³-hybridized carbons (Fsp3) is 0.476. The number of carbonyl (C=O) groups excluding carboxylic acids is 15. The number of aliphatic hydroxyl groups excluding tert-OH is 2. The van der Waals surface area contributed by atoms with E-state index >= 15 is 0 Å². The van der Waals surface area contributed by atoms with Gasteiger partial charge in [-0.2, -0.15) is 0 Å². The lowest BCUT2D eigenvalue weighted by molar-refractivity contribution is -0.143. The number of nitrogens with two attached hydrogens (primary N) is 1. The van der Waals surface area contributed by atoms with Crippen molar-refractivity contribution < 1.29 is 121 Å². The Bertz CT molecular complexity index is 4820. The van der Waals surface area contributed by atoms with Crippen LogP contribution in [0.3, 0.4) is 0 Å². The molecule has 646 valence electrons. The maximum Gasteiger partial charge on any atom is 0.336 e. The van der Waals surface area contributed by atoms with Crippen LogP contribution in [0.1, 0.15) is 171 Å². The van der Waals surface area contributed by atoms with Crippen molar-refractivity contribution in [3.63, 3.8) is 0 Å². The van der Waals surface area contributed by atoms with Gasteiger partial charge in [0, 0.05) is 129 Å². The van der Waals surface area contributed by atoms with Gasteiger partial charge in [-0.25, -0.2) is 14.8 Å². The average molecular weight is 1670 g/mol. The molecule has 0 radical (unpaired) electrons. The van der Waals surface area contributed by atoms with E-state index in [1.54, 1.807) is 0 Å². The van der Waals surface area contributed by atoms with E-state index in [0.717, 1.165) is 0 Å². The Balaban J connectivity index is 1.12. The van der Waals surface area contributed by atoms with Crippen molar-refractivity contribution in [3.05, 3.63) is 112 Å². The number of carboxylic acids is 3. The number of aliphatic carboxylic acids is 2. The third-order valence-corrected chi connectivity index (χ3v) is 20.4. The maximum atomic E-state index is 14.4. The number of primary amides is 1. The number of carboxylic acid groups (broad SMARTS) is 3. The molecule has 2 aliphatic rings. The lowest BCUT2D eigenvalue weighted by Crippen LogP contribution is -2.49. The number of imidazole rings is 2. The molecule has 2 aromatic heterocycles. The molecule has 1 aliphatic heterocycles. The summed E-state index contributed by atoms with van der Waals surface area (Å²) in [7, 11) is 0. The molecule has 38 nitrogen and oxygen atoms in total. The number of hydrogen-bond acceptors (Lipinski definition) is 25. The van der Waals surface area contributed by atoms with E-state index in [9.17, 15) is 122 Å². The van der Waals surface area contributed by atoms with Gasteiger partial charge in [0.15, 0.2) is 40.1 Å². The summed E-state index contributed by atoms with van der Waals surface area (Å²) in [6, 6.07) is 3.48. The van der Waals surface area contributed by atoms with Crippen LogP contribution in [-0.4, -0.2) is 211 Å². The van der Waals surface area contributed by atoms with E-state index < -0.39 is 252 Å². The molecule has 0 saturated heterocycles. The summed E-state index contributed by atoms with van der Waals surface area (Å²) >= 11 is 0. The fourth-order valence-corrected chi connectivity index (χ4v) is 13.3. The number of aromatic nitrogens is 4. The highest BCUT2D eigenvalue weighted by atomic mass is 16.4. The molecular weight excluding hydrogens is 1570 g/mol. The van der Waals surface area contributed by atoms with E-state index in [2.05, 4.69) is 57.2 Å². The summed E-state index contributed by atoms with van der Waals surface area (Å²) in [4.78, 5) is 266. The third kappa shape index (κ3) is 28.5. The summed E-state index contributed by atoms with van der Waals surface area (Å²) in [6.07, 6.45) is -3.78. The molecule has 4 aromatic rings. The van der Waals surface area contributed by atoms with Gasteiger partial charge in [-0.3, -0.25) is 81.5 Å². The van der Waals surface area contributed by atoms with Crippen molar-refractivity contribution in [1.29, 1.82) is 0 Å². The fourth-order valence-electron chi connectivity index (χ4n) is 13.3. The molecule has 0 saturated carbocycles. The van der Waals surface area contributed by atoms with Crippen molar-refractivity contribution in [2.24, 2.45) is 47.2 Å². The first kappa shape index (κ1) is 96.0. The molecule has 1 aliphatic carbocycles. The molecule has 120 heavy (non-hydrogen) atoms. The average Bonchev–Trinajstić information content (AvgIpc) is 0.868. The Morgan fingerprint density at radius 2 is 0.950 bits per heavy atom. The number of Topliss-reactive ketones (excluding diaryl/α,β-unsaturated/α-hetero) is 7. The number of ketones is 7. The van der Waals surface area contributed by atoms with Gasteiger partial charge in [-0.05, 0) is 109 Å². The highest BCUT2D eigenvalue weighted by molar-refractivity contribution is 6.10. The Hall–Kier alpha value is -12.9. The number of aromatic amines is 2. The molecule has 0 unspecified atom stereocenters. The van der Waals surface area contributed by atoms with Crippen molar-refractivity contribution in [1.82, 2.24) is 57.2 Å². The molecule has 0 fully saturated rings. The number of amides is 8. The minimum absolute atomic E-state index is 0.00413. The van der Waals surface area contributed by atoms with Crippen LogP contribution in [0.25, 0.3) is 33.4 Å². The summed E-state index contributed by atoms with van der Waals surface area (Å²) in [5.74, 6) is -26.2. The van der Waals surface area contributed by atoms with Gasteiger partial charge in [-0.1, -0.05) is 20.3 Å². The van der Waals surface area contributed by atoms with Gasteiger partial charge in [0.05, 0.1) is 115 Å². The predicted molar refractivity (Wildman–Crippen MR) is 424 cm³/mol. The molecule has 3 heterocycles. The first-order chi connectivity index (χ1) is 56.4. The van der Waals surface area contributed by atoms with Crippen LogP contribution in [-0.2, 0) is 89.6 Å². The number of nitrogens with one attached hydrogen (secondary N) is 9. The number of carbonyl (C=O) groups is 18. The zero-order chi connectivity index (χ0) is 89.3. The number of H-pyrrole nitrogens is 2. The number of nitrogens with zero attached hydrogens (tertiary/aromatic N) is 2. The van der Waals surface area contributed by atoms with Crippen molar-refractivity contribution in [2.75, 3.05) is 6.54 Å². The lowest BCUT2D eigenvalue weighted by atomic mass is 9.89.